The minimum atomic E-state index is -0.368. The molecule has 9 heteroatoms. The average molecular weight is 427 g/mol. The van der Waals surface area contributed by atoms with E-state index < -0.39 is 0 Å². The van der Waals surface area contributed by atoms with E-state index >= 15 is 0 Å². The van der Waals surface area contributed by atoms with Crippen LogP contribution >= 0.6 is 36.4 Å². The van der Waals surface area contributed by atoms with Gasteiger partial charge < -0.3 is 5.73 Å². The lowest BCUT2D eigenvalue weighted by Crippen LogP contribution is -1.97. The first-order chi connectivity index (χ1) is 12.0. The number of fused-ring (bicyclic) bond motifs is 1. The van der Waals surface area contributed by atoms with Crippen molar-refractivity contribution < 1.29 is 4.39 Å². The molecule has 0 unspecified atom stereocenters. The van der Waals surface area contributed by atoms with Crippen molar-refractivity contribution in [2.24, 2.45) is 0 Å². The number of anilines is 1. The highest BCUT2D eigenvalue weighted by Crippen LogP contribution is 2.33. The van der Waals surface area contributed by atoms with E-state index in [2.05, 4.69) is 20.2 Å². The van der Waals surface area contributed by atoms with E-state index in [9.17, 15) is 4.39 Å². The number of halogens is 4. The maximum atomic E-state index is 13.9. The van der Waals surface area contributed by atoms with Crippen LogP contribution in [0, 0.1) is 12.7 Å². The number of H-pyrrole nitrogens is 1. The number of nitrogens with zero attached hydrogens (tertiary/aromatic N) is 3. The minimum Gasteiger partial charge on any atom is -0.383 e. The Labute approximate surface area is 172 Å². The molecule has 3 aromatic heterocycles. The average Bonchev–Trinajstić information content (AvgIpc) is 3.04. The standard InChI is InChI=1S/C18H13ClFN5.2ClH/c1-9-13(8-24-25-9)10-4-12(18(21)23-6-10)17-5-11-14(7-22-17)16(20)3-2-15(11)19;;/h2-8H,1H3,(H2,21,23)(H,24,25);2*1H. The van der Waals surface area contributed by atoms with Gasteiger partial charge >= 0.3 is 0 Å². The summed E-state index contributed by atoms with van der Waals surface area (Å²) in [7, 11) is 0. The Balaban J connectivity index is 0.00000131. The van der Waals surface area contributed by atoms with Gasteiger partial charge in [-0.2, -0.15) is 5.10 Å². The zero-order valence-corrected chi connectivity index (χ0v) is 16.4. The summed E-state index contributed by atoms with van der Waals surface area (Å²) in [5.74, 6) is -0.0309. The lowest BCUT2D eigenvalue weighted by Gasteiger charge is -2.09. The summed E-state index contributed by atoms with van der Waals surface area (Å²) >= 11 is 6.21. The minimum absolute atomic E-state index is 0. The van der Waals surface area contributed by atoms with E-state index in [4.69, 9.17) is 17.3 Å². The van der Waals surface area contributed by atoms with E-state index in [0.29, 0.717) is 32.9 Å². The third-order valence-electron chi connectivity index (χ3n) is 4.13. The van der Waals surface area contributed by atoms with Gasteiger partial charge in [-0.15, -0.1) is 24.8 Å². The highest BCUT2D eigenvalue weighted by molar-refractivity contribution is 6.35. The largest absolute Gasteiger partial charge is 0.383 e. The molecule has 4 aromatic rings. The van der Waals surface area contributed by atoms with Crippen LogP contribution in [0.5, 0.6) is 0 Å². The van der Waals surface area contributed by atoms with Crippen molar-refractivity contribution in [2.75, 3.05) is 5.73 Å². The van der Waals surface area contributed by atoms with Crippen LogP contribution in [0.1, 0.15) is 5.69 Å². The van der Waals surface area contributed by atoms with E-state index in [-0.39, 0.29) is 30.6 Å². The predicted octanol–water partition coefficient (Wildman–Crippen LogP) is 5.21. The molecule has 0 aliphatic heterocycles. The third kappa shape index (κ3) is 3.69. The van der Waals surface area contributed by atoms with Gasteiger partial charge in [0, 0.05) is 50.6 Å². The second-order valence-electron chi connectivity index (χ2n) is 5.71. The predicted molar refractivity (Wildman–Crippen MR) is 111 cm³/mol. The van der Waals surface area contributed by atoms with Crippen LogP contribution in [0.4, 0.5) is 10.2 Å². The second kappa shape index (κ2) is 8.08. The van der Waals surface area contributed by atoms with Crippen molar-refractivity contribution in [3.05, 3.63) is 59.4 Å². The molecule has 0 saturated carbocycles. The smallest absolute Gasteiger partial charge is 0.132 e. The van der Waals surface area contributed by atoms with Gasteiger partial charge in [-0.3, -0.25) is 10.1 Å². The second-order valence-corrected chi connectivity index (χ2v) is 6.12. The molecule has 0 bridgehead atoms. The molecule has 4 rings (SSSR count). The number of nitrogens with two attached hydrogens (primary N) is 1. The number of hydrogen-bond acceptors (Lipinski definition) is 4. The van der Waals surface area contributed by atoms with Gasteiger partial charge in [-0.05, 0) is 31.2 Å². The first kappa shape index (κ1) is 20.9. The van der Waals surface area contributed by atoms with Crippen molar-refractivity contribution in [1.82, 2.24) is 20.2 Å². The fourth-order valence-corrected chi connectivity index (χ4v) is 3.01. The normalized spacial score (nSPS) is 10.3. The van der Waals surface area contributed by atoms with E-state index in [1.165, 1.54) is 18.3 Å². The lowest BCUT2D eigenvalue weighted by molar-refractivity contribution is 0.639. The summed E-state index contributed by atoms with van der Waals surface area (Å²) in [5.41, 5.74) is 9.99. The van der Waals surface area contributed by atoms with Gasteiger partial charge in [0.2, 0.25) is 0 Å². The fraction of sp³-hybridized carbons (Fsp3) is 0.0556. The van der Waals surface area contributed by atoms with Gasteiger partial charge in [-0.1, -0.05) is 11.6 Å². The van der Waals surface area contributed by atoms with E-state index in [1.54, 1.807) is 18.5 Å². The zero-order chi connectivity index (χ0) is 17.6. The summed E-state index contributed by atoms with van der Waals surface area (Å²) in [6.45, 7) is 1.93. The number of aromatic nitrogens is 4. The van der Waals surface area contributed by atoms with Gasteiger partial charge in [0.05, 0.1) is 11.9 Å². The van der Waals surface area contributed by atoms with Crippen LogP contribution in [0.25, 0.3) is 33.2 Å². The molecule has 0 spiro atoms. The highest BCUT2D eigenvalue weighted by atomic mass is 35.5. The molecule has 0 fully saturated rings. The Morgan fingerprint density at radius 1 is 1.00 bits per heavy atom. The first-order valence-corrected chi connectivity index (χ1v) is 7.92. The lowest BCUT2D eigenvalue weighted by atomic mass is 10.0. The van der Waals surface area contributed by atoms with Crippen molar-refractivity contribution in [1.29, 1.82) is 0 Å². The maximum Gasteiger partial charge on any atom is 0.132 e. The Morgan fingerprint density at radius 3 is 2.48 bits per heavy atom. The number of nitrogens with one attached hydrogen (secondary N) is 1. The van der Waals surface area contributed by atoms with Crippen LogP contribution in [-0.4, -0.2) is 20.2 Å². The molecule has 27 heavy (non-hydrogen) atoms. The van der Waals surface area contributed by atoms with Crippen LogP contribution in [-0.2, 0) is 0 Å². The molecular formula is C18H15Cl3FN5. The number of nitrogen functional groups attached to an aromatic ring is 1. The van der Waals surface area contributed by atoms with Crippen molar-refractivity contribution in [2.45, 2.75) is 6.92 Å². The Bertz CT molecular complexity index is 1110. The monoisotopic (exact) mass is 425 g/mol. The summed E-state index contributed by atoms with van der Waals surface area (Å²) in [6.07, 6.45) is 4.87. The van der Waals surface area contributed by atoms with Crippen LogP contribution in [0.15, 0.2) is 42.9 Å². The molecule has 0 atom stereocenters. The molecule has 3 N–H and O–H groups in total. The van der Waals surface area contributed by atoms with Crippen LogP contribution in [0.3, 0.4) is 0 Å². The molecule has 0 aliphatic carbocycles. The zero-order valence-electron chi connectivity index (χ0n) is 14.0. The molecule has 0 radical (unpaired) electrons. The first-order valence-electron chi connectivity index (χ1n) is 7.54. The third-order valence-corrected chi connectivity index (χ3v) is 4.46. The molecule has 0 aliphatic rings. The Kier molecular flexibility index (Phi) is 6.26. The molecule has 0 saturated heterocycles. The van der Waals surface area contributed by atoms with Crippen molar-refractivity contribution in [3.63, 3.8) is 0 Å². The van der Waals surface area contributed by atoms with E-state index in [0.717, 1.165) is 16.8 Å². The number of hydrogen-bond donors (Lipinski definition) is 2. The molecule has 1 aromatic carbocycles. The number of benzene rings is 1. The number of aryl methyl sites for hydroxylation is 1. The highest BCUT2D eigenvalue weighted by Gasteiger charge is 2.13. The summed E-state index contributed by atoms with van der Waals surface area (Å²) < 4.78 is 13.9. The van der Waals surface area contributed by atoms with Gasteiger partial charge in [-0.25, -0.2) is 9.37 Å². The molecule has 5 nitrogen and oxygen atoms in total. The van der Waals surface area contributed by atoms with Gasteiger partial charge in [0.1, 0.15) is 11.6 Å². The summed E-state index contributed by atoms with van der Waals surface area (Å²) in [5, 5.41) is 8.32. The topological polar surface area (TPSA) is 80.5 Å². The molecule has 0 amide bonds. The molecule has 140 valence electrons. The van der Waals surface area contributed by atoms with Gasteiger partial charge in [0.25, 0.3) is 0 Å². The van der Waals surface area contributed by atoms with Crippen LogP contribution < -0.4 is 5.73 Å². The number of pyridine rings is 2. The van der Waals surface area contributed by atoms with Crippen molar-refractivity contribution >= 4 is 53.0 Å². The van der Waals surface area contributed by atoms with E-state index in [1.807, 2.05) is 13.0 Å². The number of rotatable bonds is 2. The number of aromatic amines is 1. The Morgan fingerprint density at radius 2 is 1.78 bits per heavy atom. The SMILES string of the molecule is Cc1[nH]ncc1-c1cnc(N)c(-c2cc3c(Cl)ccc(F)c3cn2)c1.Cl.Cl. The Hall–Kier alpha value is -2.41. The molecule has 3 heterocycles. The summed E-state index contributed by atoms with van der Waals surface area (Å²) in [4.78, 5) is 8.60. The van der Waals surface area contributed by atoms with Crippen LogP contribution in [0.2, 0.25) is 5.02 Å². The quantitative estimate of drug-likeness (QED) is 0.461. The van der Waals surface area contributed by atoms with Gasteiger partial charge in [0.15, 0.2) is 0 Å². The molecular weight excluding hydrogens is 412 g/mol. The van der Waals surface area contributed by atoms with Crippen molar-refractivity contribution in [3.8, 4) is 22.4 Å². The summed E-state index contributed by atoms with van der Waals surface area (Å²) in [6, 6.07) is 6.46. The fourth-order valence-electron chi connectivity index (χ4n) is 2.79. The maximum absolute atomic E-state index is 13.9.